The molecule has 7 rings (SSSR count). The number of hydrogen-bond donors (Lipinski definition) is 1. The number of carbonyl (C=O) groups is 1. The quantitative estimate of drug-likeness (QED) is 0.365. The number of amides is 1. The molecule has 40 heavy (non-hydrogen) atoms. The second-order valence-corrected chi connectivity index (χ2v) is 11.1. The van der Waals surface area contributed by atoms with Gasteiger partial charge in [0.15, 0.2) is 5.65 Å². The lowest BCUT2D eigenvalue weighted by atomic mass is 9.99. The minimum absolute atomic E-state index is 0.000414. The molecule has 1 atom stereocenters. The molecular formula is C33H33N5O2. The van der Waals surface area contributed by atoms with Gasteiger partial charge in [-0.1, -0.05) is 48.4 Å². The molecule has 0 bridgehead atoms. The zero-order chi connectivity index (χ0) is 27.1. The molecule has 0 unspecified atom stereocenters. The van der Waals surface area contributed by atoms with Crippen LogP contribution in [0, 0.1) is 17.8 Å². The van der Waals surface area contributed by atoms with Crippen molar-refractivity contribution < 1.29 is 9.53 Å². The number of imidazole rings is 1. The Kier molecular flexibility index (Phi) is 6.49. The highest BCUT2D eigenvalue weighted by Crippen LogP contribution is 2.38. The molecule has 4 aromatic rings. The molecular weight excluding hydrogens is 498 g/mol. The van der Waals surface area contributed by atoms with Crippen molar-refractivity contribution in [2.75, 3.05) is 20.2 Å². The van der Waals surface area contributed by atoms with Crippen molar-refractivity contribution in [1.29, 1.82) is 0 Å². The van der Waals surface area contributed by atoms with E-state index in [2.05, 4.69) is 47.5 Å². The van der Waals surface area contributed by atoms with Gasteiger partial charge in [-0.2, -0.15) is 0 Å². The highest BCUT2D eigenvalue weighted by molar-refractivity contribution is 5.93. The fourth-order valence-corrected chi connectivity index (χ4v) is 6.02. The van der Waals surface area contributed by atoms with Crippen molar-refractivity contribution in [3.05, 3.63) is 71.8 Å². The van der Waals surface area contributed by atoms with Crippen LogP contribution in [0.15, 0.2) is 60.7 Å². The first-order valence-electron chi connectivity index (χ1n) is 14.3. The lowest BCUT2D eigenvalue weighted by molar-refractivity contribution is -0.126. The minimum atomic E-state index is -0.000414. The summed E-state index contributed by atoms with van der Waals surface area (Å²) in [6.45, 7) is 1.56. The zero-order valence-corrected chi connectivity index (χ0v) is 22.8. The molecule has 0 radical (unpaired) electrons. The molecule has 202 valence electrons. The van der Waals surface area contributed by atoms with Gasteiger partial charge in [0.25, 0.3) is 5.91 Å². The van der Waals surface area contributed by atoms with Gasteiger partial charge in [-0.15, -0.1) is 5.10 Å². The summed E-state index contributed by atoms with van der Waals surface area (Å²) >= 11 is 0. The maximum absolute atomic E-state index is 12.4. The predicted molar refractivity (Wildman–Crippen MR) is 155 cm³/mol. The van der Waals surface area contributed by atoms with Crippen molar-refractivity contribution in [3.63, 3.8) is 0 Å². The van der Waals surface area contributed by atoms with Crippen molar-refractivity contribution in [1.82, 2.24) is 24.8 Å². The predicted octanol–water partition coefficient (Wildman–Crippen LogP) is 5.05. The first-order chi connectivity index (χ1) is 19.7. The van der Waals surface area contributed by atoms with Gasteiger partial charge < -0.3 is 15.0 Å². The molecule has 7 nitrogen and oxygen atoms in total. The average molecular weight is 532 g/mol. The molecule has 1 saturated carbocycles. The molecule has 3 heterocycles. The number of benzene rings is 2. The lowest BCUT2D eigenvalue weighted by Gasteiger charge is -2.33. The van der Waals surface area contributed by atoms with E-state index in [1.54, 1.807) is 7.11 Å². The summed E-state index contributed by atoms with van der Waals surface area (Å²) in [5.41, 5.74) is 7.59. The third-order valence-electron chi connectivity index (χ3n) is 8.38. The molecule has 7 heteroatoms. The second-order valence-electron chi connectivity index (χ2n) is 11.1. The maximum Gasteiger partial charge on any atom is 0.298 e. The molecule has 0 spiro atoms. The smallest absolute Gasteiger partial charge is 0.298 e. The fraction of sp³-hybridized carbons (Fsp3) is 0.364. The molecule has 2 aromatic heterocycles. The Morgan fingerprint density at radius 2 is 1.80 bits per heavy atom. The van der Waals surface area contributed by atoms with Crippen LogP contribution in [0.25, 0.3) is 28.2 Å². The number of nitrogens with zero attached hydrogens (tertiary/aromatic N) is 4. The maximum atomic E-state index is 12.4. The first kappa shape index (κ1) is 24.9. The summed E-state index contributed by atoms with van der Waals surface area (Å²) in [5, 5.41) is 8.60. The molecule has 1 amide bonds. The molecule has 1 N–H and O–H groups in total. The monoisotopic (exact) mass is 531 g/mol. The van der Waals surface area contributed by atoms with E-state index in [9.17, 15) is 4.79 Å². The van der Waals surface area contributed by atoms with E-state index in [1.807, 2.05) is 39.7 Å². The molecule has 2 fully saturated rings. The largest absolute Gasteiger partial charge is 0.480 e. The van der Waals surface area contributed by atoms with Gasteiger partial charge >= 0.3 is 0 Å². The summed E-state index contributed by atoms with van der Waals surface area (Å²) in [5.74, 6) is 6.98. The van der Waals surface area contributed by atoms with E-state index in [0.717, 1.165) is 79.8 Å². The van der Waals surface area contributed by atoms with Crippen LogP contribution in [0.4, 0.5) is 0 Å². The summed E-state index contributed by atoms with van der Waals surface area (Å²) < 4.78 is 7.29. The number of rotatable bonds is 5. The Morgan fingerprint density at radius 1 is 0.975 bits per heavy atom. The van der Waals surface area contributed by atoms with Crippen LogP contribution in [-0.4, -0.2) is 51.6 Å². The number of methoxy groups -OCH3 is 1. The normalized spacial score (nSPS) is 18.8. The number of ether oxygens (including phenoxy) is 1. The van der Waals surface area contributed by atoms with Crippen molar-refractivity contribution in [2.24, 2.45) is 5.92 Å². The summed E-state index contributed by atoms with van der Waals surface area (Å²) in [4.78, 5) is 19.3. The van der Waals surface area contributed by atoms with Gasteiger partial charge in [0.2, 0.25) is 5.88 Å². The summed E-state index contributed by atoms with van der Waals surface area (Å²) in [6.07, 6.45) is 6.36. The summed E-state index contributed by atoms with van der Waals surface area (Å²) in [6, 6.07) is 21.6. The van der Waals surface area contributed by atoms with Gasteiger partial charge in [-0.25, -0.2) is 9.50 Å². The Hall–Kier alpha value is -4.15. The lowest BCUT2D eigenvalue weighted by Crippen LogP contribution is -2.45. The van der Waals surface area contributed by atoms with Crippen LogP contribution in [0.1, 0.15) is 49.3 Å². The van der Waals surface area contributed by atoms with E-state index >= 15 is 0 Å². The van der Waals surface area contributed by atoms with Crippen molar-refractivity contribution in [2.45, 2.75) is 50.6 Å². The van der Waals surface area contributed by atoms with Crippen molar-refractivity contribution in [3.8, 4) is 40.2 Å². The van der Waals surface area contributed by atoms with E-state index in [1.165, 1.54) is 11.1 Å². The number of nitrogens with one attached hydrogen (secondary N) is 1. The Labute approximate surface area is 234 Å². The van der Waals surface area contributed by atoms with Gasteiger partial charge in [-0.05, 0) is 67.7 Å². The minimum Gasteiger partial charge on any atom is -0.480 e. The highest BCUT2D eigenvalue weighted by Gasteiger charge is 2.29. The van der Waals surface area contributed by atoms with E-state index in [4.69, 9.17) is 14.8 Å². The Bertz CT molecular complexity index is 1620. The number of piperidine rings is 1. The number of fused-ring (bicyclic) bond motifs is 2. The van der Waals surface area contributed by atoms with E-state index in [-0.39, 0.29) is 5.91 Å². The van der Waals surface area contributed by atoms with Crippen LogP contribution in [0.2, 0.25) is 0 Å². The Morgan fingerprint density at radius 3 is 2.58 bits per heavy atom. The third-order valence-corrected chi connectivity index (χ3v) is 8.38. The number of aryl methyl sites for hydroxylation is 1. The van der Waals surface area contributed by atoms with Gasteiger partial charge in [0.05, 0.1) is 12.8 Å². The molecule has 2 aromatic carbocycles. The van der Waals surface area contributed by atoms with Gasteiger partial charge in [0.1, 0.15) is 5.69 Å². The number of carbonyl (C=O) groups excluding carboxylic acids is 1. The zero-order valence-electron chi connectivity index (χ0n) is 22.8. The van der Waals surface area contributed by atoms with Crippen LogP contribution in [0.5, 0.6) is 5.88 Å². The standard InChI is InChI=1S/C33H33N5O2/c1-40-30-15-14-29-35-32(33(38(29)36-30)23-5-3-2-4-6-23)25-10-12-27-24(21-25)11-13-28(27)34-26-17-19-37(20-18-26)31(39)16-9-22-7-8-22/h2-6,10,12,14-15,21-22,26,28,34H,7-8,11,13,17-20H2,1H3/t28-/m0/s1. The van der Waals surface area contributed by atoms with Gasteiger partial charge in [0, 0.05) is 48.3 Å². The topological polar surface area (TPSA) is 71.8 Å². The van der Waals surface area contributed by atoms with Crippen molar-refractivity contribution >= 4 is 11.6 Å². The third kappa shape index (κ3) is 4.84. The highest BCUT2D eigenvalue weighted by atomic mass is 16.5. The second kappa shape index (κ2) is 10.4. The average Bonchev–Trinajstić information content (AvgIpc) is 3.64. The number of likely N-dealkylation sites (tertiary alicyclic amines) is 1. The molecule has 1 saturated heterocycles. The van der Waals surface area contributed by atoms with Crippen LogP contribution >= 0.6 is 0 Å². The Balaban J connectivity index is 1.10. The SMILES string of the molecule is COc1ccc2nc(-c3ccc4c(c3)CC[C@@H]4NC3CCN(C(=O)C#CC4CC4)CC3)c(-c3ccccc3)n2n1. The first-order valence-corrected chi connectivity index (χ1v) is 14.3. The van der Waals surface area contributed by atoms with Crippen LogP contribution in [-0.2, 0) is 11.2 Å². The van der Waals surface area contributed by atoms with E-state index in [0.29, 0.717) is 23.9 Å². The van der Waals surface area contributed by atoms with E-state index < -0.39 is 0 Å². The van der Waals surface area contributed by atoms with Gasteiger partial charge in [-0.3, -0.25) is 4.79 Å². The summed E-state index contributed by atoms with van der Waals surface area (Å²) in [7, 11) is 1.63. The van der Waals surface area contributed by atoms with Crippen LogP contribution < -0.4 is 10.1 Å². The fourth-order valence-electron chi connectivity index (χ4n) is 6.02. The molecule has 1 aliphatic heterocycles. The number of aromatic nitrogens is 3. The molecule has 3 aliphatic rings. The van der Waals surface area contributed by atoms with Crippen LogP contribution in [0.3, 0.4) is 0 Å². The molecule has 2 aliphatic carbocycles. The number of hydrogen-bond acceptors (Lipinski definition) is 5.